The van der Waals surface area contributed by atoms with Gasteiger partial charge < -0.3 is 15.3 Å². The van der Waals surface area contributed by atoms with Crippen molar-refractivity contribution in [3.63, 3.8) is 0 Å². The van der Waals surface area contributed by atoms with Crippen molar-refractivity contribution in [3.8, 4) is 11.3 Å². The molecule has 3 N–H and O–H groups in total. The largest absolute Gasteiger partial charge is 0.441 e. The van der Waals surface area contributed by atoms with Crippen LogP contribution in [0.4, 0.5) is 10.6 Å². The molecule has 3 aromatic rings. The van der Waals surface area contributed by atoms with E-state index in [0.29, 0.717) is 12.2 Å². The third kappa shape index (κ3) is 5.94. The smallest absolute Gasteiger partial charge is 0.441 e. The average Bonchev–Trinajstić information content (AvgIpc) is 2.71. The fourth-order valence-electron chi connectivity index (χ4n) is 3.21. The number of amides is 1. The molecule has 174 valence electrons. The molecule has 9 nitrogen and oxygen atoms in total. The van der Waals surface area contributed by atoms with E-state index in [1.165, 1.54) is 0 Å². The number of hydrogen-bond donors (Lipinski definition) is 2. The number of pyridine rings is 3. The van der Waals surface area contributed by atoms with Gasteiger partial charge in [0.2, 0.25) is 0 Å². The third-order valence-corrected chi connectivity index (χ3v) is 5.04. The number of aromatic nitrogens is 3. The summed E-state index contributed by atoms with van der Waals surface area (Å²) in [5.74, 6) is -0.126. The molecule has 3 rings (SSSR count). The number of hydrogen-bond acceptors (Lipinski definition) is 8. The van der Waals surface area contributed by atoms with E-state index < -0.39 is 23.1 Å². The highest BCUT2D eigenvalue weighted by molar-refractivity contribution is 5.86. The van der Waals surface area contributed by atoms with Crippen molar-refractivity contribution >= 4 is 28.7 Å². The summed E-state index contributed by atoms with van der Waals surface area (Å²) < 4.78 is 5.48. The van der Waals surface area contributed by atoms with Crippen LogP contribution in [0.2, 0.25) is 0 Å². The van der Waals surface area contributed by atoms with Crippen LogP contribution in [0.1, 0.15) is 45.7 Å². The van der Waals surface area contributed by atoms with Crippen LogP contribution >= 0.6 is 0 Å². The molecule has 1 amide bonds. The molecule has 0 aliphatic carbocycles. The molecule has 0 bridgehead atoms. The van der Waals surface area contributed by atoms with E-state index in [9.17, 15) is 9.59 Å². The number of hydroxylamine groups is 1. The number of nitrogens with zero attached hydrogens (tertiary/aromatic N) is 3. The van der Waals surface area contributed by atoms with E-state index in [4.69, 9.17) is 15.3 Å². The SMILES string of the molecule is Cc1c(CC(C)(C)OC(=O)NOC(=O)C(C)(C)C)cncc1-c1cc2cc(N)ncc2cn1. The Morgan fingerprint density at radius 1 is 1.00 bits per heavy atom. The lowest BCUT2D eigenvalue weighted by Gasteiger charge is -2.26. The van der Waals surface area contributed by atoms with E-state index in [1.54, 1.807) is 65.5 Å². The Labute approximate surface area is 192 Å². The lowest BCUT2D eigenvalue weighted by atomic mass is 9.93. The van der Waals surface area contributed by atoms with Crippen molar-refractivity contribution in [2.45, 2.75) is 53.6 Å². The van der Waals surface area contributed by atoms with Gasteiger partial charge >= 0.3 is 12.1 Å². The van der Waals surface area contributed by atoms with Crippen molar-refractivity contribution in [2.24, 2.45) is 5.41 Å². The van der Waals surface area contributed by atoms with E-state index >= 15 is 0 Å². The van der Waals surface area contributed by atoms with Crippen LogP contribution in [-0.2, 0) is 20.8 Å². The van der Waals surface area contributed by atoms with Gasteiger partial charge in [-0.15, -0.1) is 5.48 Å². The third-order valence-electron chi connectivity index (χ3n) is 5.04. The summed E-state index contributed by atoms with van der Waals surface area (Å²) in [4.78, 5) is 41.8. The van der Waals surface area contributed by atoms with Gasteiger partial charge in [-0.3, -0.25) is 9.97 Å². The molecule has 0 aromatic carbocycles. The lowest BCUT2D eigenvalue weighted by Crippen LogP contribution is -2.39. The molecular formula is C24H29N5O4. The van der Waals surface area contributed by atoms with Crippen LogP contribution in [0.15, 0.2) is 36.9 Å². The van der Waals surface area contributed by atoms with Crippen LogP contribution in [-0.4, -0.2) is 32.6 Å². The van der Waals surface area contributed by atoms with Gasteiger partial charge in [0, 0.05) is 42.2 Å². The molecule has 33 heavy (non-hydrogen) atoms. The molecule has 0 atom stereocenters. The highest BCUT2D eigenvalue weighted by atomic mass is 16.7. The number of nitrogen functional groups attached to an aromatic ring is 1. The van der Waals surface area contributed by atoms with Gasteiger partial charge in [0.1, 0.15) is 11.4 Å². The van der Waals surface area contributed by atoms with Crippen molar-refractivity contribution in [1.29, 1.82) is 0 Å². The molecule has 3 heterocycles. The second-order valence-electron chi connectivity index (χ2n) is 9.56. The number of ether oxygens (including phenoxy) is 1. The zero-order chi connectivity index (χ0) is 24.4. The maximum Gasteiger partial charge on any atom is 0.441 e. The Morgan fingerprint density at radius 3 is 2.39 bits per heavy atom. The number of nitrogens with two attached hydrogens (primary N) is 1. The van der Waals surface area contributed by atoms with E-state index in [0.717, 1.165) is 33.2 Å². The standard InChI is InChI=1S/C24H29N5O4/c1-14-16(9-24(5,6)32-22(31)29-33-21(30)23(2,3)4)10-26-13-18(14)19-7-15-8-20(25)28-12-17(15)11-27-19/h7-8,10-13H,9H2,1-6H3,(H2,25,28)(H,29,31). The molecule has 0 saturated heterocycles. The van der Waals surface area contributed by atoms with Gasteiger partial charge in [-0.05, 0) is 70.2 Å². The Hall–Kier alpha value is -3.75. The molecule has 0 unspecified atom stereocenters. The Morgan fingerprint density at radius 2 is 1.70 bits per heavy atom. The molecule has 9 heteroatoms. The van der Waals surface area contributed by atoms with Gasteiger partial charge in [-0.1, -0.05) is 0 Å². The molecule has 3 aromatic heterocycles. The summed E-state index contributed by atoms with van der Waals surface area (Å²) in [7, 11) is 0. The van der Waals surface area contributed by atoms with E-state index in [1.807, 2.05) is 13.0 Å². The Bertz CT molecular complexity index is 1200. The topological polar surface area (TPSA) is 129 Å². The number of nitrogens with one attached hydrogen (secondary N) is 1. The summed E-state index contributed by atoms with van der Waals surface area (Å²) in [5.41, 5.74) is 9.72. The second-order valence-corrected chi connectivity index (χ2v) is 9.56. The van der Waals surface area contributed by atoms with Crippen molar-refractivity contribution in [3.05, 3.63) is 48.0 Å². The number of fused-ring (bicyclic) bond motifs is 1. The van der Waals surface area contributed by atoms with Gasteiger partial charge in [0.05, 0.1) is 11.1 Å². The molecular weight excluding hydrogens is 422 g/mol. The van der Waals surface area contributed by atoms with Crippen molar-refractivity contribution < 1.29 is 19.2 Å². The summed E-state index contributed by atoms with van der Waals surface area (Å²) >= 11 is 0. The second kappa shape index (κ2) is 9.01. The number of carbonyl (C=O) groups is 2. The fraction of sp³-hybridized carbons (Fsp3) is 0.375. The molecule has 0 spiro atoms. The first-order chi connectivity index (χ1) is 15.4. The molecule has 0 radical (unpaired) electrons. The zero-order valence-corrected chi connectivity index (χ0v) is 19.7. The van der Waals surface area contributed by atoms with Crippen LogP contribution in [0.25, 0.3) is 22.0 Å². The maximum absolute atomic E-state index is 12.2. The summed E-state index contributed by atoms with van der Waals surface area (Å²) in [6.07, 6.45) is 6.48. The predicted octanol–water partition coefficient (Wildman–Crippen LogP) is 4.13. The van der Waals surface area contributed by atoms with Gasteiger partial charge in [0.15, 0.2) is 0 Å². The normalized spacial score (nSPS) is 11.8. The van der Waals surface area contributed by atoms with E-state index in [-0.39, 0.29) is 0 Å². The Kier molecular flexibility index (Phi) is 6.53. The minimum absolute atomic E-state index is 0.394. The minimum Gasteiger partial charge on any atom is -0.441 e. The lowest BCUT2D eigenvalue weighted by molar-refractivity contribution is -0.160. The quantitative estimate of drug-likeness (QED) is 0.566. The van der Waals surface area contributed by atoms with Crippen LogP contribution in [0.3, 0.4) is 0 Å². The highest BCUT2D eigenvalue weighted by Gasteiger charge is 2.28. The first-order valence-electron chi connectivity index (χ1n) is 10.5. The number of rotatable bonds is 4. The molecule has 0 fully saturated rings. The van der Waals surface area contributed by atoms with Crippen LogP contribution in [0.5, 0.6) is 0 Å². The Balaban J connectivity index is 1.76. The summed E-state index contributed by atoms with van der Waals surface area (Å²) in [5, 5.41) is 1.82. The molecule has 0 saturated carbocycles. The predicted molar refractivity (Wildman–Crippen MR) is 125 cm³/mol. The minimum atomic E-state index is -0.889. The van der Waals surface area contributed by atoms with Gasteiger partial charge in [-0.25, -0.2) is 14.6 Å². The molecule has 0 aliphatic heterocycles. The van der Waals surface area contributed by atoms with Crippen molar-refractivity contribution in [1.82, 2.24) is 20.4 Å². The van der Waals surface area contributed by atoms with Gasteiger partial charge in [-0.2, -0.15) is 0 Å². The van der Waals surface area contributed by atoms with Crippen molar-refractivity contribution in [2.75, 3.05) is 5.73 Å². The zero-order valence-electron chi connectivity index (χ0n) is 19.7. The summed E-state index contributed by atoms with van der Waals surface area (Å²) in [6, 6.07) is 3.75. The number of carbonyl (C=O) groups excluding carboxylic acids is 2. The van der Waals surface area contributed by atoms with Gasteiger partial charge in [0.25, 0.3) is 0 Å². The number of anilines is 1. The van der Waals surface area contributed by atoms with Crippen LogP contribution in [0, 0.1) is 12.3 Å². The monoisotopic (exact) mass is 451 g/mol. The average molecular weight is 452 g/mol. The highest BCUT2D eigenvalue weighted by Crippen LogP contribution is 2.28. The maximum atomic E-state index is 12.2. The van der Waals surface area contributed by atoms with E-state index in [2.05, 4.69) is 20.4 Å². The molecule has 0 aliphatic rings. The fourth-order valence-corrected chi connectivity index (χ4v) is 3.21. The first kappa shape index (κ1) is 23.9. The summed E-state index contributed by atoms with van der Waals surface area (Å²) in [6.45, 7) is 10.6. The van der Waals surface area contributed by atoms with Crippen LogP contribution < -0.4 is 11.2 Å². The first-order valence-corrected chi connectivity index (χ1v) is 10.5.